The van der Waals surface area contributed by atoms with E-state index in [1.54, 1.807) is 0 Å². The van der Waals surface area contributed by atoms with Crippen molar-refractivity contribution in [2.45, 2.75) is 44.4 Å². The van der Waals surface area contributed by atoms with Crippen LogP contribution in [0, 0.1) is 0 Å². The molecule has 1 aliphatic rings. The molecule has 2 aromatic carbocycles. The zero-order chi connectivity index (χ0) is 19.3. The van der Waals surface area contributed by atoms with Crippen molar-refractivity contribution < 1.29 is 14.3 Å². The first-order valence-corrected chi connectivity index (χ1v) is 9.59. The van der Waals surface area contributed by atoms with E-state index < -0.39 is 5.41 Å². The van der Waals surface area contributed by atoms with Crippen molar-refractivity contribution in [3.63, 3.8) is 0 Å². The SMILES string of the molecule is CC(C)c1ccc(CCNC(=O)COC(=O)C2(c3ccccc3)CC2)cc1. The number of hydrogen-bond donors (Lipinski definition) is 1. The number of carbonyl (C=O) groups excluding carboxylic acids is 2. The summed E-state index contributed by atoms with van der Waals surface area (Å²) >= 11 is 0. The maximum Gasteiger partial charge on any atom is 0.317 e. The molecule has 1 aliphatic carbocycles. The van der Waals surface area contributed by atoms with Gasteiger partial charge in [-0.2, -0.15) is 0 Å². The molecule has 142 valence electrons. The second-order valence-electron chi connectivity index (χ2n) is 7.52. The van der Waals surface area contributed by atoms with Gasteiger partial charge >= 0.3 is 5.97 Å². The first kappa shape index (κ1) is 19.2. The third kappa shape index (κ3) is 4.76. The monoisotopic (exact) mass is 365 g/mol. The lowest BCUT2D eigenvalue weighted by Gasteiger charge is -2.14. The summed E-state index contributed by atoms with van der Waals surface area (Å²) < 4.78 is 5.28. The molecular formula is C23H27NO3. The number of esters is 1. The predicted molar refractivity (Wildman–Crippen MR) is 106 cm³/mol. The number of nitrogens with one attached hydrogen (secondary N) is 1. The van der Waals surface area contributed by atoms with Crippen LogP contribution in [-0.4, -0.2) is 25.0 Å². The Hall–Kier alpha value is -2.62. The van der Waals surface area contributed by atoms with Gasteiger partial charge in [0, 0.05) is 6.54 Å². The molecule has 2 aromatic rings. The molecule has 0 heterocycles. The molecule has 4 heteroatoms. The van der Waals surface area contributed by atoms with Gasteiger partial charge in [-0.3, -0.25) is 9.59 Å². The molecule has 1 amide bonds. The first-order chi connectivity index (χ1) is 13.0. The largest absolute Gasteiger partial charge is 0.455 e. The molecule has 3 rings (SSSR count). The molecule has 1 saturated carbocycles. The molecule has 0 bridgehead atoms. The van der Waals surface area contributed by atoms with E-state index in [1.807, 2.05) is 30.3 Å². The molecule has 0 spiro atoms. The first-order valence-electron chi connectivity index (χ1n) is 9.59. The van der Waals surface area contributed by atoms with Gasteiger partial charge in [0.05, 0.1) is 5.41 Å². The summed E-state index contributed by atoms with van der Waals surface area (Å²) in [4.78, 5) is 24.4. The summed E-state index contributed by atoms with van der Waals surface area (Å²) in [5, 5.41) is 2.82. The van der Waals surface area contributed by atoms with E-state index >= 15 is 0 Å². The van der Waals surface area contributed by atoms with Crippen molar-refractivity contribution in [3.8, 4) is 0 Å². The fourth-order valence-corrected chi connectivity index (χ4v) is 3.23. The molecule has 0 radical (unpaired) electrons. The lowest BCUT2D eigenvalue weighted by molar-refractivity contribution is -0.151. The molecule has 1 fully saturated rings. The molecule has 1 N–H and O–H groups in total. The summed E-state index contributed by atoms with van der Waals surface area (Å²) in [6.45, 7) is 4.64. The van der Waals surface area contributed by atoms with Gasteiger partial charge in [0.25, 0.3) is 5.91 Å². The second-order valence-corrected chi connectivity index (χ2v) is 7.52. The summed E-state index contributed by atoms with van der Waals surface area (Å²) in [7, 11) is 0. The van der Waals surface area contributed by atoms with E-state index in [0.29, 0.717) is 12.5 Å². The van der Waals surface area contributed by atoms with E-state index in [4.69, 9.17) is 4.74 Å². The summed E-state index contributed by atoms with van der Waals surface area (Å²) in [6.07, 6.45) is 2.32. The number of ether oxygens (including phenoxy) is 1. The summed E-state index contributed by atoms with van der Waals surface area (Å²) in [5.41, 5.74) is 2.92. The van der Waals surface area contributed by atoms with Crippen LogP contribution < -0.4 is 5.32 Å². The Labute approximate surface area is 160 Å². The third-order valence-electron chi connectivity index (χ3n) is 5.18. The molecule has 27 heavy (non-hydrogen) atoms. The van der Waals surface area contributed by atoms with E-state index in [1.165, 1.54) is 11.1 Å². The summed E-state index contributed by atoms with van der Waals surface area (Å²) in [6, 6.07) is 18.1. The maximum absolute atomic E-state index is 12.4. The van der Waals surface area contributed by atoms with Gasteiger partial charge in [0.15, 0.2) is 6.61 Å². The Kier molecular flexibility index (Phi) is 5.94. The second kappa shape index (κ2) is 8.38. The Balaban J connectivity index is 1.40. The fraction of sp³-hybridized carbons (Fsp3) is 0.391. The van der Waals surface area contributed by atoms with Gasteiger partial charge in [0.1, 0.15) is 0 Å². The zero-order valence-corrected chi connectivity index (χ0v) is 16.0. The normalized spacial score (nSPS) is 14.6. The minimum Gasteiger partial charge on any atom is -0.455 e. The van der Waals surface area contributed by atoms with Gasteiger partial charge in [-0.25, -0.2) is 0 Å². The van der Waals surface area contributed by atoms with Crippen molar-refractivity contribution >= 4 is 11.9 Å². The van der Waals surface area contributed by atoms with Crippen LogP contribution in [0.4, 0.5) is 0 Å². The smallest absolute Gasteiger partial charge is 0.317 e. The van der Waals surface area contributed by atoms with Gasteiger partial charge in [-0.15, -0.1) is 0 Å². The molecule has 0 atom stereocenters. The van der Waals surface area contributed by atoms with Gasteiger partial charge in [0.2, 0.25) is 0 Å². The fourth-order valence-electron chi connectivity index (χ4n) is 3.23. The highest BCUT2D eigenvalue weighted by atomic mass is 16.5. The lowest BCUT2D eigenvalue weighted by atomic mass is 9.96. The number of benzene rings is 2. The molecule has 0 aromatic heterocycles. The number of hydrogen-bond acceptors (Lipinski definition) is 3. The van der Waals surface area contributed by atoms with Crippen LogP contribution in [0.3, 0.4) is 0 Å². The number of rotatable bonds is 8. The number of amides is 1. The Morgan fingerprint density at radius 3 is 2.30 bits per heavy atom. The van der Waals surface area contributed by atoms with E-state index in [0.717, 1.165) is 24.8 Å². The van der Waals surface area contributed by atoms with Crippen LogP contribution in [-0.2, 0) is 26.2 Å². The van der Waals surface area contributed by atoms with E-state index in [-0.39, 0.29) is 18.5 Å². The predicted octanol–water partition coefficient (Wildman–Crippen LogP) is 3.74. The molecule has 0 aliphatic heterocycles. The Bertz CT molecular complexity index is 777. The molecule has 4 nitrogen and oxygen atoms in total. The average Bonchev–Trinajstić information content (AvgIpc) is 3.49. The van der Waals surface area contributed by atoms with Crippen molar-refractivity contribution in [2.24, 2.45) is 0 Å². The van der Waals surface area contributed by atoms with Gasteiger partial charge < -0.3 is 10.1 Å². The Morgan fingerprint density at radius 2 is 1.70 bits per heavy atom. The van der Waals surface area contributed by atoms with Crippen LogP contribution in [0.25, 0.3) is 0 Å². The van der Waals surface area contributed by atoms with Crippen LogP contribution in [0.5, 0.6) is 0 Å². The molecular weight excluding hydrogens is 338 g/mol. The summed E-state index contributed by atoms with van der Waals surface area (Å²) in [5.74, 6) is -0.0433. The molecule has 0 saturated heterocycles. The minimum absolute atomic E-state index is 0.223. The third-order valence-corrected chi connectivity index (χ3v) is 5.18. The van der Waals surface area contributed by atoms with Gasteiger partial charge in [-0.05, 0) is 41.9 Å². The van der Waals surface area contributed by atoms with Crippen LogP contribution in [0.1, 0.15) is 49.3 Å². The van der Waals surface area contributed by atoms with Crippen molar-refractivity contribution in [2.75, 3.05) is 13.2 Å². The van der Waals surface area contributed by atoms with E-state index in [2.05, 4.69) is 43.4 Å². The van der Waals surface area contributed by atoms with Gasteiger partial charge in [-0.1, -0.05) is 68.4 Å². The van der Waals surface area contributed by atoms with Crippen molar-refractivity contribution in [3.05, 3.63) is 71.3 Å². The van der Waals surface area contributed by atoms with Crippen molar-refractivity contribution in [1.29, 1.82) is 0 Å². The lowest BCUT2D eigenvalue weighted by Crippen LogP contribution is -2.33. The van der Waals surface area contributed by atoms with Crippen molar-refractivity contribution in [1.82, 2.24) is 5.32 Å². The highest BCUT2D eigenvalue weighted by Gasteiger charge is 2.52. The van der Waals surface area contributed by atoms with Crippen LogP contribution >= 0.6 is 0 Å². The topological polar surface area (TPSA) is 55.4 Å². The average molecular weight is 365 g/mol. The standard InChI is InChI=1S/C23H27NO3/c1-17(2)19-10-8-18(9-11-19)12-15-24-21(25)16-27-22(26)23(13-14-23)20-6-4-3-5-7-20/h3-11,17H,12-16H2,1-2H3,(H,24,25). The Morgan fingerprint density at radius 1 is 1.04 bits per heavy atom. The zero-order valence-electron chi connectivity index (χ0n) is 16.0. The highest BCUT2D eigenvalue weighted by molar-refractivity contribution is 5.88. The van der Waals surface area contributed by atoms with Crippen LogP contribution in [0.2, 0.25) is 0 Å². The molecule has 0 unspecified atom stereocenters. The maximum atomic E-state index is 12.4. The van der Waals surface area contributed by atoms with Crippen LogP contribution in [0.15, 0.2) is 54.6 Å². The quantitative estimate of drug-likeness (QED) is 0.725. The van der Waals surface area contributed by atoms with E-state index in [9.17, 15) is 9.59 Å². The number of carbonyl (C=O) groups is 2. The minimum atomic E-state index is -0.542. The highest BCUT2D eigenvalue weighted by Crippen LogP contribution is 2.49.